The highest BCUT2D eigenvalue weighted by Crippen LogP contribution is 2.30. The number of fused-ring (bicyclic) bond motifs is 1. The highest BCUT2D eigenvalue weighted by Gasteiger charge is 2.32. The number of rotatable bonds is 7. The molecule has 1 aliphatic rings. The number of nitrogens with zero attached hydrogens (tertiary/aromatic N) is 4. The van der Waals surface area contributed by atoms with Gasteiger partial charge in [0.25, 0.3) is 0 Å². The summed E-state index contributed by atoms with van der Waals surface area (Å²) in [5.41, 5.74) is 1.77. The van der Waals surface area contributed by atoms with Crippen molar-refractivity contribution in [2.24, 2.45) is 5.92 Å². The van der Waals surface area contributed by atoms with Gasteiger partial charge in [0.15, 0.2) is 5.65 Å². The average molecular weight is 473 g/mol. The maximum atomic E-state index is 12.4. The Morgan fingerprint density at radius 1 is 1.33 bits per heavy atom. The smallest absolute Gasteiger partial charge is 0.311 e. The lowest BCUT2D eigenvalue weighted by atomic mass is 9.84. The maximum Gasteiger partial charge on any atom is 0.311 e. The summed E-state index contributed by atoms with van der Waals surface area (Å²) in [5, 5.41) is 11.3. The van der Waals surface area contributed by atoms with Crippen LogP contribution < -0.4 is 10.6 Å². The topological polar surface area (TPSA) is 93.4 Å². The minimum Gasteiger partial charge on any atom is -0.466 e. The molecular weight excluding hydrogens is 448 g/mol. The molecule has 1 fully saturated rings. The molecule has 3 aromatic heterocycles. The number of hydrogen-bond donors (Lipinski definition) is 2. The lowest BCUT2D eigenvalue weighted by Crippen LogP contribution is -2.38. The van der Waals surface area contributed by atoms with E-state index in [1.54, 1.807) is 16.9 Å². The van der Waals surface area contributed by atoms with Crippen LogP contribution in [0.2, 0.25) is 0 Å². The van der Waals surface area contributed by atoms with Gasteiger partial charge in [0.05, 0.1) is 23.2 Å². The van der Waals surface area contributed by atoms with Crippen LogP contribution in [0.4, 0.5) is 11.6 Å². The molecule has 0 bridgehead atoms. The predicted octanol–water partition coefficient (Wildman–Crippen LogP) is 4.03. The van der Waals surface area contributed by atoms with Gasteiger partial charge in [-0.05, 0) is 47.3 Å². The third kappa shape index (κ3) is 4.56. The Hall–Kier alpha value is -2.68. The molecule has 0 radical (unpaired) electrons. The summed E-state index contributed by atoms with van der Waals surface area (Å²) >= 11 is 3.53. The lowest BCUT2D eigenvalue weighted by molar-refractivity contribution is -0.149. The van der Waals surface area contributed by atoms with Crippen molar-refractivity contribution in [3.8, 4) is 0 Å². The fourth-order valence-corrected chi connectivity index (χ4v) is 4.20. The van der Waals surface area contributed by atoms with E-state index in [4.69, 9.17) is 9.72 Å². The highest BCUT2D eigenvalue weighted by atomic mass is 79.9. The van der Waals surface area contributed by atoms with E-state index in [1.165, 1.54) is 0 Å². The van der Waals surface area contributed by atoms with E-state index >= 15 is 0 Å². The highest BCUT2D eigenvalue weighted by molar-refractivity contribution is 9.10. The summed E-state index contributed by atoms with van der Waals surface area (Å²) in [4.78, 5) is 21.3. The first-order chi connectivity index (χ1) is 14.7. The van der Waals surface area contributed by atoms with Crippen LogP contribution in [0.25, 0.3) is 5.65 Å². The Morgan fingerprint density at radius 3 is 3.00 bits per heavy atom. The Kier molecular flexibility index (Phi) is 6.47. The van der Waals surface area contributed by atoms with Gasteiger partial charge in [0.2, 0.25) is 0 Å². The second-order valence-electron chi connectivity index (χ2n) is 7.36. The quantitative estimate of drug-likeness (QED) is 0.501. The zero-order valence-corrected chi connectivity index (χ0v) is 18.4. The van der Waals surface area contributed by atoms with Gasteiger partial charge in [-0.1, -0.05) is 18.9 Å². The van der Waals surface area contributed by atoms with Crippen LogP contribution in [0.3, 0.4) is 0 Å². The van der Waals surface area contributed by atoms with Gasteiger partial charge in [-0.15, -0.1) is 0 Å². The molecule has 0 aromatic carbocycles. The Balaban J connectivity index is 1.59. The van der Waals surface area contributed by atoms with Gasteiger partial charge in [-0.25, -0.2) is 4.98 Å². The SMILES string of the molecule is CCOC(=O)C1CCCCC1Nc1cc(NCc2cccnc2)n2ncc(Br)c2n1. The van der Waals surface area contributed by atoms with E-state index in [0.29, 0.717) is 24.6 Å². The number of anilines is 2. The zero-order chi connectivity index (χ0) is 20.9. The molecule has 1 aliphatic carbocycles. The summed E-state index contributed by atoms with van der Waals surface area (Å²) in [6.07, 6.45) is 9.18. The minimum atomic E-state index is -0.156. The molecule has 1 saturated carbocycles. The van der Waals surface area contributed by atoms with Crippen LogP contribution in [0.5, 0.6) is 0 Å². The number of aromatic nitrogens is 4. The number of halogens is 1. The van der Waals surface area contributed by atoms with Gasteiger partial charge in [0.1, 0.15) is 11.6 Å². The maximum absolute atomic E-state index is 12.4. The van der Waals surface area contributed by atoms with Crippen LogP contribution in [-0.2, 0) is 16.1 Å². The molecule has 0 saturated heterocycles. The normalized spacial score (nSPS) is 18.9. The van der Waals surface area contributed by atoms with E-state index < -0.39 is 0 Å². The van der Waals surface area contributed by atoms with Gasteiger partial charge >= 0.3 is 5.97 Å². The second kappa shape index (κ2) is 9.42. The van der Waals surface area contributed by atoms with Gasteiger partial charge in [0, 0.05) is 31.0 Å². The van der Waals surface area contributed by atoms with Gasteiger partial charge < -0.3 is 15.4 Å². The molecule has 0 amide bonds. The van der Waals surface area contributed by atoms with Crippen LogP contribution in [0, 0.1) is 5.92 Å². The first-order valence-corrected chi connectivity index (χ1v) is 11.0. The second-order valence-corrected chi connectivity index (χ2v) is 8.22. The van der Waals surface area contributed by atoms with Crippen LogP contribution >= 0.6 is 15.9 Å². The molecule has 4 rings (SSSR count). The van der Waals surface area contributed by atoms with Crippen LogP contribution in [0.1, 0.15) is 38.2 Å². The van der Waals surface area contributed by atoms with Crippen LogP contribution in [-0.4, -0.2) is 38.2 Å². The lowest BCUT2D eigenvalue weighted by Gasteiger charge is -2.31. The largest absolute Gasteiger partial charge is 0.466 e. The van der Waals surface area contributed by atoms with E-state index in [1.807, 2.05) is 31.3 Å². The number of pyridine rings is 1. The minimum absolute atomic E-state index is 0.000574. The molecule has 2 atom stereocenters. The van der Waals surface area contributed by atoms with Gasteiger partial charge in [-0.2, -0.15) is 9.61 Å². The van der Waals surface area contributed by atoms with E-state index in [-0.39, 0.29) is 17.9 Å². The van der Waals surface area contributed by atoms with Gasteiger partial charge in [-0.3, -0.25) is 9.78 Å². The van der Waals surface area contributed by atoms with Crippen LogP contribution in [0.15, 0.2) is 41.3 Å². The number of ether oxygens (including phenoxy) is 1. The third-order valence-electron chi connectivity index (χ3n) is 5.31. The van der Waals surface area contributed by atoms with Crippen molar-refractivity contribution >= 4 is 39.2 Å². The molecule has 2 N–H and O–H groups in total. The molecule has 0 aliphatic heterocycles. The molecule has 158 valence electrons. The Bertz CT molecular complexity index is 1010. The summed E-state index contributed by atoms with van der Waals surface area (Å²) in [7, 11) is 0. The molecular formula is C21H25BrN6O2. The molecule has 8 nitrogen and oxygen atoms in total. The molecule has 9 heteroatoms. The summed E-state index contributed by atoms with van der Waals surface area (Å²) in [6, 6.07) is 5.86. The van der Waals surface area contributed by atoms with E-state index in [2.05, 4.69) is 36.6 Å². The first-order valence-electron chi connectivity index (χ1n) is 10.3. The Labute approximate surface area is 183 Å². The number of hydrogen-bond acceptors (Lipinski definition) is 7. The third-order valence-corrected chi connectivity index (χ3v) is 5.87. The Morgan fingerprint density at radius 2 is 2.20 bits per heavy atom. The fourth-order valence-electron chi connectivity index (χ4n) is 3.86. The number of nitrogens with one attached hydrogen (secondary N) is 2. The van der Waals surface area contributed by atoms with Crippen molar-refractivity contribution in [2.45, 2.75) is 45.2 Å². The number of carbonyl (C=O) groups is 1. The first kappa shape index (κ1) is 20.6. The summed E-state index contributed by atoms with van der Waals surface area (Å²) in [6.45, 7) is 2.85. The van der Waals surface area contributed by atoms with Crippen molar-refractivity contribution in [3.63, 3.8) is 0 Å². The zero-order valence-electron chi connectivity index (χ0n) is 16.8. The van der Waals surface area contributed by atoms with Crippen molar-refractivity contribution in [2.75, 3.05) is 17.2 Å². The molecule has 30 heavy (non-hydrogen) atoms. The predicted molar refractivity (Wildman–Crippen MR) is 118 cm³/mol. The molecule has 3 aromatic rings. The average Bonchev–Trinajstić information content (AvgIpc) is 3.14. The monoisotopic (exact) mass is 472 g/mol. The van der Waals surface area contributed by atoms with Crippen molar-refractivity contribution in [1.29, 1.82) is 0 Å². The van der Waals surface area contributed by atoms with E-state index in [0.717, 1.165) is 41.5 Å². The fraction of sp³-hybridized carbons (Fsp3) is 0.429. The van der Waals surface area contributed by atoms with Crippen molar-refractivity contribution in [3.05, 3.63) is 46.8 Å². The van der Waals surface area contributed by atoms with E-state index in [9.17, 15) is 4.79 Å². The van der Waals surface area contributed by atoms with Crippen molar-refractivity contribution < 1.29 is 9.53 Å². The summed E-state index contributed by atoms with van der Waals surface area (Å²) in [5.74, 6) is 1.23. The number of esters is 1. The number of carbonyl (C=O) groups excluding carboxylic acids is 1. The molecule has 3 heterocycles. The van der Waals surface area contributed by atoms with Crippen molar-refractivity contribution in [1.82, 2.24) is 19.6 Å². The standard InChI is InChI=1S/C21H25BrN6O2/c1-2-30-21(29)15-7-3-4-8-17(15)26-18-10-19(24-12-14-6-5-9-23-11-14)28-20(27-18)16(22)13-25-28/h5-6,9-11,13,15,17,24H,2-4,7-8,12H2,1H3,(H,26,27). The molecule has 0 spiro atoms. The summed E-state index contributed by atoms with van der Waals surface area (Å²) < 4.78 is 7.86. The molecule has 2 unspecified atom stereocenters.